The van der Waals surface area contributed by atoms with E-state index in [1.807, 2.05) is 37.3 Å². The first-order valence-corrected chi connectivity index (χ1v) is 5.64. The summed E-state index contributed by atoms with van der Waals surface area (Å²) in [6.45, 7) is 4.07. The Hall–Kier alpha value is -1.54. The standard InChI is InChI=1S/C10H9N.C4H11N/c11-10-7-3-5-8-4-1-2-6-9(8)10;1-3-4(2)5/h1-7H,11H2;4H,3,5H2,1-2H3. The van der Waals surface area contributed by atoms with Gasteiger partial charge in [0.05, 0.1) is 0 Å². The molecule has 0 saturated carbocycles. The van der Waals surface area contributed by atoms with Crippen molar-refractivity contribution in [3.63, 3.8) is 0 Å². The third kappa shape index (κ3) is 3.55. The molecular weight excluding hydrogens is 196 g/mol. The number of nitrogen functional groups attached to an aromatic ring is 1. The molecule has 0 spiro atoms. The van der Waals surface area contributed by atoms with Crippen LogP contribution < -0.4 is 11.5 Å². The molecule has 2 heteroatoms. The summed E-state index contributed by atoms with van der Waals surface area (Å²) in [5.74, 6) is 0. The summed E-state index contributed by atoms with van der Waals surface area (Å²) in [5, 5.41) is 2.34. The van der Waals surface area contributed by atoms with Gasteiger partial charge in [-0.15, -0.1) is 0 Å². The van der Waals surface area contributed by atoms with Gasteiger partial charge in [-0.2, -0.15) is 0 Å². The van der Waals surface area contributed by atoms with Crippen molar-refractivity contribution >= 4 is 16.5 Å². The predicted octanol–water partition coefficient (Wildman–Crippen LogP) is 3.17. The fourth-order valence-electron chi connectivity index (χ4n) is 1.25. The average molecular weight is 216 g/mol. The highest BCUT2D eigenvalue weighted by molar-refractivity contribution is 5.92. The molecule has 0 radical (unpaired) electrons. The molecular formula is C14H20N2. The Morgan fingerprint density at radius 2 is 1.62 bits per heavy atom. The Morgan fingerprint density at radius 3 is 2.19 bits per heavy atom. The lowest BCUT2D eigenvalue weighted by Crippen LogP contribution is -2.11. The second-order valence-electron chi connectivity index (χ2n) is 3.95. The first-order chi connectivity index (χ1) is 7.65. The minimum Gasteiger partial charge on any atom is -0.398 e. The first kappa shape index (κ1) is 12.5. The minimum atomic E-state index is 0.384. The average Bonchev–Trinajstić information content (AvgIpc) is 2.30. The van der Waals surface area contributed by atoms with Crippen LogP contribution in [-0.4, -0.2) is 6.04 Å². The van der Waals surface area contributed by atoms with E-state index in [2.05, 4.69) is 19.1 Å². The molecule has 16 heavy (non-hydrogen) atoms. The van der Waals surface area contributed by atoms with E-state index < -0.39 is 0 Å². The quantitative estimate of drug-likeness (QED) is 0.719. The third-order valence-electron chi connectivity index (χ3n) is 2.47. The number of nitrogens with two attached hydrogens (primary N) is 2. The fraction of sp³-hybridized carbons (Fsp3) is 0.286. The summed E-state index contributed by atoms with van der Waals surface area (Å²) in [6, 6.07) is 14.4. The summed E-state index contributed by atoms with van der Waals surface area (Å²) >= 11 is 0. The van der Waals surface area contributed by atoms with Crippen molar-refractivity contribution < 1.29 is 0 Å². The lowest BCUT2D eigenvalue weighted by Gasteiger charge is -1.98. The van der Waals surface area contributed by atoms with Crippen molar-refractivity contribution in [1.82, 2.24) is 0 Å². The second-order valence-corrected chi connectivity index (χ2v) is 3.95. The highest BCUT2D eigenvalue weighted by atomic mass is 14.6. The second kappa shape index (κ2) is 6.13. The van der Waals surface area contributed by atoms with Crippen LogP contribution in [0.4, 0.5) is 5.69 Å². The highest BCUT2D eigenvalue weighted by Gasteiger charge is 1.92. The molecule has 0 heterocycles. The lowest BCUT2D eigenvalue weighted by molar-refractivity contribution is 0.715. The van der Waals surface area contributed by atoms with Gasteiger partial charge in [0.2, 0.25) is 0 Å². The summed E-state index contributed by atoms with van der Waals surface area (Å²) in [7, 11) is 0. The van der Waals surface area contributed by atoms with Gasteiger partial charge in [0, 0.05) is 17.1 Å². The minimum absolute atomic E-state index is 0.384. The maximum absolute atomic E-state index is 5.76. The Bertz CT molecular complexity index is 430. The topological polar surface area (TPSA) is 52.0 Å². The van der Waals surface area contributed by atoms with Gasteiger partial charge < -0.3 is 11.5 Å². The summed E-state index contributed by atoms with van der Waals surface area (Å²) in [5.41, 5.74) is 11.9. The van der Waals surface area contributed by atoms with Crippen LogP contribution in [0.3, 0.4) is 0 Å². The van der Waals surface area contributed by atoms with Gasteiger partial charge in [0.1, 0.15) is 0 Å². The molecule has 0 bridgehead atoms. The first-order valence-electron chi connectivity index (χ1n) is 5.64. The van der Waals surface area contributed by atoms with Crippen molar-refractivity contribution in [1.29, 1.82) is 0 Å². The van der Waals surface area contributed by atoms with Gasteiger partial charge in [-0.05, 0) is 24.8 Å². The number of hydrogen-bond donors (Lipinski definition) is 2. The van der Waals surface area contributed by atoms with Crippen molar-refractivity contribution in [3.05, 3.63) is 42.5 Å². The van der Waals surface area contributed by atoms with Gasteiger partial charge >= 0.3 is 0 Å². The van der Waals surface area contributed by atoms with Gasteiger partial charge in [-0.1, -0.05) is 43.3 Å². The molecule has 1 unspecified atom stereocenters. The maximum atomic E-state index is 5.76. The van der Waals surface area contributed by atoms with Crippen molar-refractivity contribution in [2.24, 2.45) is 5.73 Å². The van der Waals surface area contributed by atoms with E-state index in [0.29, 0.717) is 6.04 Å². The van der Waals surface area contributed by atoms with Gasteiger partial charge in [0.25, 0.3) is 0 Å². The molecule has 0 aliphatic heterocycles. The number of rotatable bonds is 1. The van der Waals surface area contributed by atoms with E-state index in [9.17, 15) is 0 Å². The number of benzene rings is 2. The number of hydrogen-bond acceptors (Lipinski definition) is 2. The van der Waals surface area contributed by atoms with Crippen LogP contribution in [0.15, 0.2) is 42.5 Å². The largest absolute Gasteiger partial charge is 0.398 e. The zero-order chi connectivity index (χ0) is 12.0. The van der Waals surface area contributed by atoms with E-state index in [0.717, 1.165) is 17.5 Å². The zero-order valence-corrected chi connectivity index (χ0v) is 9.98. The van der Waals surface area contributed by atoms with Gasteiger partial charge in [0.15, 0.2) is 0 Å². The molecule has 2 aromatic rings. The molecule has 0 fully saturated rings. The van der Waals surface area contributed by atoms with Crippen molar-refractivity contribution in [2.75, 3.05) is 5.73 Å². The van der Waals surface area contributed by atoms with Crippen LogP contribution >= 0.6 is 0 Å². The number of anilines is 1. The Labute approximate surface area is 97.3 Å². The molecule has 0 aromatic heterocycles. The molecule has 1 atom stereocenters. The molecule has 0 saturated heterocycles. The molecule has 2 aromatic carbocycles. The Balaban J connectivity index is 0.000000221. The summed E-state index contributed by atoms with van der Waals surface area (Å²) in [6.07, 6.45) is 1.08. The van der Waals surface area contributed by atoms with Gasteiger partial charge in [-0.3, -0.25) is 0 Å². The summed E-state index contributed by atoms with van der Waals surface area (Å²) < 4.78 is 0. The monoisotopic (exact) mass is 216 g/mol. The molecule has 0 amide bonds. The third-order valence-corrected chi connectivity index (χ3v) is 2.47. The Morgan fingerprint density at radius 1 is 1.06 bits per heavy atom. The van der Waals surface area contributed by atoms with Gasteiger partial charge in [-0.25, -0.2) is 0 Å². The summed E-state index contributed by atoms with van der Waals surface area (Å²) in [4.78, 5) is 0. The zero-order valence-electron chi connectivity index (χ0n) is 9.98. The molecule has 4 N–H and O–H groups in total. The molecule has 0 aliphatic rings. The van der Waals surface area contributed by atoms with E-state index >= 15 is 0 Å². The normalized spacial score (nSPS) is 11.7. The van der Waals surface area contributed by atoms with Crippen LogP contribution in [-0.2, 0) is 0 Å². The van der Waals surface area contributed by atoms with Crippen LogP contribution in [0, 0.1) is 0 Å². The van der Waals surface area contributed by atoms with E-state index in [1.54, 1.807) is 0 Å². The van der Waals surface area contributed by atoms with Crippen LogP contribution in [0.25, 0.3) is 10.8 Å². The van der Waals surface area contributed by atoms with Crippen molar-refractivity contribution in [3.8, 4) is 0 Å². The SMILES string of the molecule is CCC(C)N.Nc1cccc2ccccc12. The lowest BCUT2D eigenvalue weighted by atomic mass is 10.1. The smallest absolute Gasteiger partial charge is 0.0393 e. The predicted molar refractivity (Wildman–Crippen MR) is 72.3 cm³/mol. The fourth-order valence-corrected chi connectivity index (χ4v) is 1.25. The van der Waals surface area contributed by atoms with E-state index in [-0.39, 0.29) is 0 Å². The number of fused-ring (bicyclic) bond motifs is 1. The highest BCUT2D eigenvalue weighted by Crippen LogP contribution is 2.19. The Kier molecular flexibility index (Phi) is 4.80. The van der Waals surface area contributed by atoms with Crippen LogP contribution in [0.2, 0.25) is 0 Å². The maximum Gasteiger partial charge on any atom is 0.0393 e. The molecule has 86 valence electrons. The van der Waals surface area contributed by atoms with Crippen molar-refractivity contribution in [2.45, 2.75) is 26.3 Å². The molecule has 2 nitrogen and oxygen atoms in total. The van der Waals surface area contributed by atoms with Crippen LogP contribution in [0.5, 0.6) is 0 Å². The van der Waals surface area contributed by atoms with E-state index in [1.165, 1.54) is 5.39 Å². The van der Waals surface area contributed by atoms with Crippen LogP contribution in [0.1, 0.15) is 20.3 Å². The van der Waals surface area contributed by atoms with E-state index in [4.69, 9.17) is 11.5 Å². The molecule has 0 aliphatic carbocycles. The molecule has 2 rings (SSSR count).